The van der Waals surface area contributed by atoms with Crippen LogP contribution >= 0.6 is 0 Å². The Kier molecular flexibility index (Phi) is 9.58. The van der Waals surface area contributed by atoms with Crippen molar-refractivity contribution in [2.24, 2.45) is 10.8 Å². The quantitative estimate of drug-likeness (QED) is 0.284. The lowest BCUT2D eigenvalue weighted by molar-refractivity contribution is 0.283. The molecule has 0 spiro atoms. The van der Waals surface area contributed by atoms with E-state index >= 15 is 0 Å². The highest BCUT2D eigenvalue weighted by molar-refractivity contribution is 5.62. The molecule has 0 bridgehead atoms. The van der Waals surface area contributed by atoms with E-state index in [0.717, 1.165) is 35.1 Å². The zero-order valence-corrected chi connectivity index (χ0v) is 27.3. The summed E-state index contributed by atoms with van der Waals surface area (Å²) < 4.78 is 0. The van der Waals surface area contributed by atoms with E-state index in [1.807, 2.05) is 12.1 Å². The van der Waals surface area contributed by atoms with Gasteiger partial charge in [-0.05, 0) is 82.0 Å². The number of terminal acetylenes is 2. The molecule has 0 saturated heterocycles. The molecule has 3 aromatic carbocycles. The highest BCUT2D eigenvalue weighted by atomic mass is 14.3. The summed E-state index contributed by atoms with van der Waals surface area (Å²) in [6, 6.07) is 20.9. The Balaban J connectivity index is 1.90. The molecule has 0 saturated carbocycles. The van der Waals surface area contributed by atoms with Crippen LogP contribution in [-0.2, 0) is 10.8 Å². The van der Waals surface area contributed by atoms with Crippen molar-refractivity contribution >= 4 is 0 Å². The van der Waals surface area contributed by atoms with Gasteiger partial charge in [0.05, 0.1) is 0 Å². The Bertz CT molecular complexity index is 1500. The first kappa shape index (κ1) is 32.4. The molecule has 0 amide bonds. The maximum atomic E-state index is 5.84. The molecule has 0 radical (unpaired) electrons. The standard InChI is InChI=1S/C42H46/c1-13-33-27-34(14-2)36(22-16-32-19-25-38(26-20-32)42(11,12)30-40(6,7)8)28-35(33)21-15-31-17-23-37(24-18-31)41(9,10)29-39(3,4)5/h1-2,17-20,23-28H,29-30H2,3-12H3. The minimum absolute atomic E-state index is 0.0857. The van der Waals surface area contributed by atoms with Gasteiger partial charge in [-0.15, -0.1) is 12.8 Å². The molecule has 0 atom stereocenters. The van der Waals surface area contributed by atoms with Crippen molar-refractivity contribution in [3.63, 3.8) is 0 Å². The average molecular weight is 551 g/mol. The minimum atomic E-state index is 0.0857. The molecule has 0 N–H and O–H groups in total. The molecule has 0 aliphatic heterocycles. The zero-order valence-electron chi connectivity index (χ0n) is 27.3. The van der Waals surface area contributed by atoms with Gasteiger partial charge in [0.25, 0.3) is 0 Å². The van der Waals surface area contributed by atoms with E-state index in [-0.39, 0.29) is 21.7 Å². The summed E-state index contributed by atoms with van der Waals surface area (Å²) >= 11 is 0. The van der Waals surface area contributed by atoms with Gasteiger partial charge < -0.3 is 0 Å². The minimum Gasteiger partial charge on any atom is -0.115 e. The lowest BCUT2D eigenvalue weighted by Crippen LogP contribution is -2.24. The highest BCUT2D eigenvalue weighted by Crippen LogP contribution is 2.37. The van der Waals surface area contributed by atoms with Crippen LogP contribution in [0.3, 0.4) is 0 Å². The SMILES string of the molecule is C#Cc1cc(C#C)c(C#Cc2ccc(C(C)(C)CC(C)(C)C)cc2)cc1C#Cc1ccc(C(C)(C)CC(C)(C)C)cc1. The first-order valence-electron chi connectivity index (χ1n) is 14.8. The fraction of sp³-hybridized carbons (Fsp3) is 0.381. The van der Waals surface area contributed by atoms with Gasteiger partial charge in [-0.1, -0.05) is 129 Å². The maximum absolute atomic E-state index is 5.84. The molecule has 214 valence electrons. The lowest BCUT2D eigenvalue weighted by Gasteiger charge is -2.33. The Labute approximate surface area is 256 Å². The van der Waals surface area contributed by atoms with Gasteiger partial charge in [0, 0.05) is 33.4 Å². The third-order valence-electron chi connectivity index (χ3n) is 7.43. The number of rotatable bonds is 4. The summed E-state index contributed by atoms with van der Waals surface area (Å²) in [4.78, 5) is 0. The van der Waals surface area contributed by atoms with E-state index in [0.29, 0.717) is 11.1 Å². The smallest absolute Gasteiger partial charge is 0.0418 e. The van der Waals surface area contributed by atoms with Gasteiger partial charge >= 0.3 is 0 Å². The van der Waals surface area contributed by atoms with Crippen LogP contribution in [0.25, 0.3) is 0 Å². The lowest BCUT2D eigenvalue weighted by atomic mass is 9.72. The molecule has 3 rings (SSSR count). The number of hydrogen-bond donors (Lipinski definition) is 0. The molecule has 0 heterocycles. The molecular formula is C42H46. The Morgan fingerprint density at radius 2 is 0.762 bits per heavy atom. The van der Waals surface area contributed by atoms with Crippen LogP contribution in [0.5, 0.6) is 0 Å². The first-order valence-corrected chi connectivity index (χ1v) is 14.8. The van der Waals surface area contributed by atoms with Crippen LogP contribution in [-0.4, -0.2) is 0 Å². The summed E-state index contributed by atoms with van der Waals surface area (Å²) in [6.45, 7) is 22.9. The molecule has 0 heteroatoms. The van der Waals surface area contributed by atoms with E-state index in [2.05, 4.69) is 153 Å². The molecule has 0 unspecified atom stereocenters. The van der Waals surface area contributed by atoms with Crippen molar-refractivity contribution in [3.05, 3.63) is 105 Å². The van der Waals surface area contributed by atoms with Crippen LogP contribution in [0.4, 0.5) is 0 Å². The Hall–Kier alpha value is -4.10. The van der Waals surface area contributed by atoms with E-state index in [1.165, 1.54) is 11.1 Å². The molecule has 0 fully saturated rings. The summed E-state index contributed by atoms with van der Waals surface area (Å²) in [5.74, 6) is 18.6. The summed E-state index contributed by atoms with van der Waals surface area (Å²) in [7, 11) is 0. The van der Waals surface area contributed by atoms with Crippen LogP contribution < -0.4 is 0 Å². The van der Waals surface area contributed by atoms with Gasteiger partial charge in [0.2, 0.25) is 0 Å². The molecule has 42 heavy (non-hydrogen) atoms. The molecule has 0 aromatic heterocycles. The van der Waals surface area contributed by atoms with Crippen molar-refractivity contribution in [2.75, 3.05) is 0 Å². The Morgan fingerprint density at radius 1 is 0.452 bits per heavy atom. The second-order valence-electron chi connectivity index (χ2n) is 15.1. The van der Waals surface area contributed by atoms with E-state index in [9.17, 15) is 0 Å². The summed E-state index contributed by atoms with van der Waals surface area (Å²) in [6.07, 6.45) is 13.9. The van der Waals surface area contributed by atoms with Gasteiger partial charge in [-0.2, -0.15) is 0 Å². The van der Waals surface area contributed by atoms with Gasteiger partial charge in [0.1, 0.15) is 0 Å². The molecule has 3 aromatic rings. The molecular weight excluding hydrogens is 504 g/mol. The second-order valence-corrected chi connectivity index (χ2v) is 15.1. The fourth-order valence-electron chi connectivity index (χ4n) is 6.19. The van der Waals surface area contributed by atoms with Crippen LogP contribution in [0.2, 0.25) is 0 Å². The first-order chi connectivity index (χ1) is 19.4. The largest absolute Gasteiger partial charge is 0.115 e. The fourth-order valence-corrected chi connectivity index (χ4v) is 6.19. The molecule has 0 aliphatic carbocycles. The van der Waals surface area contributed by atoms with Crippen molar-refractivity contribution < 1.29 is 0 Å². The van der Waals surface area contributed by atoms with E-state index in [4.69, 9.17) is 12.8 Å². The Morgan fingerprint density at radius 3 is 1.05 bits per heavy atom. The topological polar surface area (TPSA) is 0 Å². The number of benzene rings is 3. The van der Waals surface area contributed by atoms with Crippen LogP contribution in [0.1, 0.15) is 127 Å². The molecule has 0 aliphatic rings. The van der Waals surface area contributed by atoms with Gasteiger partial charge in [-0.25, -0.2) is 0 Å². The van der Waals surface area contributed by atoms with Crippen LogP contribution in [0, 0.1) is 59.2 Å². The summed E-state index contributed by atoms with van der Waals surface area (Å²) in [5, 5.41) is 0. The average Bonchev–Trinajstić information content (AvgIpc) is 2.88. The predicted octanol–water partition coefficient (Wildman–Crippen LogP) is 9.88. The van der Waals surface area contributed by atoms with Crippen molar-refractivity contribution in [2.45, 2.75) is 92.9 Å². The van der Waals surface area contributed by atoms with Crippen LogP contribution in [0.15, 0.2) is 60.7 Å². The zero-order chi connectivity index (χ0) is 31.3. The van der Waals surface area contributed by atoms with Gasteiger partial charge in [-0.3, -0.25) is 0 Å². The van der Waals surface area contributed by atoms with E-state index in [1.54, 1.807) is 0 Å². The highest BCUT2D eigenvalue weighted by Gasteiger charge is 2.28. The predicted molar refractivity (Wildman–Crippen MR) is 181 cm³/mol. The van der Waals surface area contributed by atoms with Crippen molar-refractivity contribution in [1.82, 2.24) is 0 Å². The summed E-state index contributed by atoms with van der Waals surface area (Å²) in [5.41, 5.74) is 8.04. The van der Waals surface area contributed by atoms with E-state index < -0.39 is 0 Å². The van der Waals surface area contributed by atoms with Crippen molar-refractivity contribution in [3.8, 4) is 48.4 Å². The normalized spacial score (nSPS) is 11.8. The third-order valence-corrected chi connectivity index (χ3v) is 7.43. The second kappa shape index (κ2) is 12.4. The monoisotopic (exact) mass is 550 g/mol. The molecule has 0 nitrogen and oxygen atoms in total. The van der Waals surface area contributed by atoms with Crippen molar-refractivity contribution in [1.29, 1.82) is 0 Å². The third kappa shape index (κ3) is 8.95. The van der Waals surface area contributed by atoms with Gasteiger partial charge in [0.15, 0.2) is 0 Å². The maximum Gasteiger partial charge on any atom is 0.0418 e. The number of hydrogen-bond acceptors (Lipinski definition) is 0.